The molecule has 1 N–H and O–H groups in total. The van der Waals surface area contributed by atoms with Crippen molar-refractivity contribution < 1.29 is 38.2 Å². The number of nitrogens with zero attached hydrogens (tertiary/aromatic N) is 1. The number of carbonyl (C=O) groups excluding carboxylic acids is 2. The van der Waals surface area contributed by atoms with Crippen LogP contribution >= 0.6 is 0 Å². The van der Waals surface area contributed by atoms with Crippen LogP contribution in [0.5, 0.6) is 0 Å². The number of aliphatic carboxylic acids is 1. The van der Waals surface area contributed by atoms with Crippen molar-refractivity contribution >= 4 is 17.9 Å². The maximum absolute atomic E-state index is 12.8. The zero-order chi connectivity index (χ0) is 48.4. The first-order valence-corrected chi connectivity index (χ1v) is 26.0. The highest BCUT2D eigenvalue weighted by atomic mass is 16.6. The molecule has 0 saturated carbocycles. The molecular weight excluding hydrogens is 823 g/mol. The van der Waals surface area contributed by atoms with Crippen LogP contribution in [0.4, 0.5) is 0 Å². The highest BCUT2D eigenvalue weighted by Gasteiger charge is 2.31. The molecule has 0 bridgehead atoms. The third-order valence-electron chi connectivity index (χ3n) is 11.1. The van der Waals surface area contributed by atoms with Crippen molar-refractivity contribution in [3.63, 3.8) is 0 Å². The van der Waals surface area contributed by atoms with Crippen molar-refractivity contribution in [2.75, 3.05) is 41.0 Å². The number of allylic oxidation sites excluding steroid dienone is 18. The average molecular weight is 919 g/mol. The summed E-state index contributed by atoms with van der Waals surface area (Å²) >= 11 is 0. The summed E-state index contributed by atoms with van der Waals surface area (Å²) in [6.45, 7) is 4.53. The quantitative estimate of drug-likeness (QED) is 0.0213. The number of carboxylic acids is 1. The molecule has 0 saturated heterocycles. The van der Waals surface area contributed by atoms with Crippen LogP contribution in [-0.4, -0.2) is 80.6 Å². The van der Waals surface area contributed by atoms with E-state index in [9.17, 15) is 19.5 Å². The summed E-state index contributed by atoms with van der Waals surface area (Å²) < 4.78 is 17.3. The number of carboxylic acid groups (broad SMARTS) is 1. The summed E-state index contributed by atoms with van der Waals surface area (Å²) in [6, 6.07) is -0.631. The van der Waals surface area contributed by atoms with Crippen molar-refractivity contribution in [3.8, 4) is 0 Å². The second kappa shape index (κ2) is 47.5. The predicted octanol–water partition coefficient (Wildman–Crippen LogP) is 15.2. The zero-order valence-electron chi connectivity index (χ0n) is 42.6. The predicted molar refractivity (Wildman–Crippen MR) is 279 cm³/mol. The Labute approximate surface area is 404 Å². The molecule has 8 heteroatoms. The Morgan fingerprint density at radius 2 is 0.909 bits per heavy atom. The molecule has 0 radical (unpaired) electrons. The second-order valence-corrected chi connectivity index (χ2v) is 18.2. The van der Waals surface area contributed by atoms with Gasteiger partial charge in [-0.3, -0.25) is 9.59 Å². The zero-order valence-corrected chi connectivity index (χ0v) is 42.6. The molecule has 8 nitrogen and oxygen atoms in total. The van der Waals surface area contributed by atoms with Gasteiger partial charge in [0.1, 0.15) is 6.61 Å². The van der Waals surface area contributed by atoms with E-state index < -0.39 is 18.1 Å². The highest BCUT2D eigenvalue weighted by molar-refractivity contribution is 5.72. The molecule has 374 valence electrons. The SMILES string of the molecule is CC/C=C/C=C/C=C/C=C/C=C/C=C/C=C/CCCCCC(=O)OCC(COCCC(C(=O)O)[N+](C)(C)C)OC(=O)CCCCCCCCC/C=C/C/C=C/CCCCCCCCCCC. The third-order valence-corrected chi connectivity index (χ3v) is 11.1. The fourth-order valence-corrected chi connectivity index (χ4v) is 7.11. The first-order valence-electron chi connectivity index (χ1n) is 26.0. The lowest BCUT2D eigenvalue weighted by molar-refractivity contribution is -0.887. The van der Waals surface area contributed by atoms with Crippen LogP contribution < -0.4 is 0 Å². The third kappa shape index (κ3) is 45.2. The molecule has 0 heterocycles. The van der Waals surface area contributed by atoms with Crippen LogP contribution in [0, 0.1) is 0 Å². The molecule has 2 atom stereocenters. The van der Waals surface area contributed by atoms with E-state index in [1.54, 1.807) is 0 Å². The molecule has 0 rings (SSSR count). The largest absolute Gasteiger partial charge is 0.477 e. The van der Waals surface area contributed by atoms with Gasteiger partial charge in [0.2, 0.25) is 0 Å². The fraction of sp³-hybridized carbons (Fsp3) is 0.638. The van der Waals surface area contributed by atoms with E-state index in [-0.39, 0.29) is 36.2 Å². The van der Waals surface area contributed by atoms with Crippen LogP contribution in [0.3, 0.4) is 0 Å². The van der Waals surface area contributed by atoms with Gasteiger partial charge in [-0.05, 0) is 64.2 Å². The molecule has 0 fully saturated rings. The normalized spacial score (nSPS) is 13.8. The van der Waals surface area contributed by atoms with Crippen LogP contribution in [-0.2, 0) is 28.6 Å². The first-order chi connectivity index (χ1) is 32.1. The summed E-state index contributed by atoms with van der Waals surface area (Å²) in [6.07, 6.45) is 65.7. The van der Waals surface area contributed by atoms with Crippen molar-refractivity contribution in [2.45, 2.75) is 199 Å². The summed E-state index contributed by atoms with van der Waals surface area (Å²) in [4.78, 5) is 37.2. The first kappa shape index (κ1) is 62.0. The Morgan fingerprint density at radius 1 is 0.485 bits per heavy atom. The van der Waals surface area contributed by atoms with Crippen molar-refractivity contribution in [1.29, 1.82) is 0 Å². The number of quaternary nitrogens is 1. The van der Waals surface area contributed by atoms with E-state index >= 15 is 0 Å². The standard InChI is InChI=1S/C58H95NO7/c1-6-8-10-12-14-16-18-20-22-24-26-27-28-29-31-33-35-37-39-41-43-45-47-49-57(61)66-54(52-64-51-50-55(58(62)63)59(3,4)5)53-65-56(60)48-46-44-42-40-38-36-34-32-30-25-23-21-19-17-15-13-11-9-7-2/h9,11,13,15,17,19,21,23,25-27,29-32,34,36,38,54-55H,6-8,10,12,14,16,18,20,22,24,28,33,35,37,39-53H2,1-5H3/p+1/b11-9+,15-13+,19-17+,23-21+,27-26+,30-25+,31-29+,34-32+,38-36+. The van der Waals surface area contributed by atoms with Crippen LogP contribution in [0.1, 0.15) is 187 Å². The van der Waals surface area contributed by atoms with Gasteiger partial charge in [0.25, 0.3) is 0 Å². The van der Waals surface area contributed by atoms with Crippen molar-refractivity contribution in [1.82, 2.24) is 0 Å². The number of ether oxygens (including phenoxy) is 3. The monoisotopic (exact) mass is 919 g/mol. The van der Waals surface area contributed by atoms with E-state index in [0.29, 0.717) is 25.7 Å². The summed E-state index contributed by atoms with van der Waals surface area (Å²) in [7, 11) is 5.51. The van der Waals surface area contributed by atoms with Gasteiger partial charge in [0.05, 0.1) is 34.4 Å². The Bertz CT molecular complexity index is 1440. The van der Waals surface area contributed by atoms with Crippen molar-refractivity contribution in [2.24, 2.45) is 0 Å². The number of esters is 2. The number of hydrogen-bond donors (Lipinski definition) is 1. The number of rotatable bonds is 45. The number of unbranched alkanes of at least 4 members (excludes halogenated alkanes) is 19. The lowest BCUT2D eigenvalue weighted by Crippen LogP contribution is -2.50. The van der Waals surface area contributed by atoms with Gasteiger partial charge in [-0.25, -0.2) is 4.79 Å². The Morgan fingerprint density at radius 3 is 1.39 bits per heavy atom. The molecule has 66 heavy (non-hydrogen) atoms. The lowest BCUT2D eigenvalue weighted by Gasteiger charge is -2.31. The minimum absolute atomic E-state index is 0.0354. The highest BCUT2D eigenvalue weighted by Crippen LogP contribution is 2.14. The number of carbonyl (C=O) groups is 3. The van der Waals surface area contributed by atoms with Gasteiger partial charge in [-0.15, -0.1) is 0 Å². The van der Waals surface area contributed by atoms with E-state index in [2.05, 4.69) is 50.3 Å². The lowest BCUT2D eigenvalue weighted by atomic mass is 10.1. The Kier molecular flexibility index (Phi) is 44.6. The smallest absolute Gasteiger partial charge is 0.362 e. The molecule has 0 spiro atoms. The van der Waals surface area contributed by atoms with Crippen LogP contribution in [0.15, 0.2) is 109 Å². The summed E-state index contributed by atoms with van der Waals surface area (Å²) in [5.74, 6) is -1.55. The maximum Gasteiger partial charge on any atom is 0.362 e. The molecule has 0 amide bonds. The molecule has 0 aromatic rings. The van der Waals surface area contributed by atoms with E-state index in [0.717, 1.165) is 64.2 Å². The molecule has 0 aromatic heterocycles. The van der Waals surface area contributed by atoms with Gasteiger partial charge in [-0.1, -0.05) is 213 Å². The molecule has 0 aromatic carbocycles. The fourth-order valence-electron chi connectivity index (χ4n) is 7.11. The molecule has 0 aliphatic heterocycles. The summed E-state index contributed by atoms with van der Waals surface area (Å²) in [5, 5.41) is 9.66. The van der Waals surface area contributed by atoms with Gasteiger partial charge < -0.3 is 23.8 Å². The van der Waals surface area contributed by atoms with E-state index in [1.807, 2.05) is 94.1 Å². The Balaban J connectivity index is 4.37. The minimum Gasteiger partial charge on any atom is -0.477 e. The minimum atomic E-state index is -0.887. The molecule has 0 aliphatic carbocycles. The molecular formula is C58H96NO7+. The molecule has 2 unspecified atom stereocenters. The average Bonchev–Trinajstić information content (AvgIpc) is 3.28. The van der Waals surface area contributed by atoms with E-state index in [1.165, 1.54) is 83.5 Å². The number of hydrogen-bond acceptors (Lipinski definition) is 6. The second-order valence-electron chi connectivity index (χ2n) is 18.2. The van der Waals surface area contributed by atoms with Crippen molar-refractivity contribution in [3.05, 3.63) is 109 Å². The maximum atomic E-state index is 12.8. The van der Waals surface area contributed by atoms with Crippen LogP contribution in [0.25, 0.3) is 0 Å². The van der Waals surface area contributed by atoms with Gasteiger partial charge in [0, 0.05) is 19.3 Å². The van der Waals surface area contributed by atoms with Gasteiger partial charge in [0.15, 0.2) is 12.1 Å². The molecule has 0 aliphatic rings. The topological polar surface area (TPSA) is 99.1 Å². The number of likely N-dealkylation sites (N-methyl/N-ethyl adjacent to an activating group) is 1. The van der Waals surface area contributed by atoms with Gasteiger partial charge >= 0.3 is 17.9 Å². The van der Waals surface area contributed by atoms with E-state index in [4.69, 9.17) is 14.2 Å². The summed E-state index contributed by atoms with van der Waals surface area (Å²) in [5.41, 5.74) is 0. The van der Waals surface area contributed by atoms with Gasteiger partial charge in [-0.2, -0.15) is 0 Å². The Hall–Kier alpha value is -4.01. The van der Waals surface area contributed by atoms with Crippen LogP contribution in [0.2, 0.25) is 0 Å².